The first-order valence-corrected chi connectivity index (χ1v) is 6.04. The van der Waals surface area contributed by atoms with E-state index in [1.54, 1.807) is 26.0 Å². The number of hydrogen-bond acceptors (Lipinski definition) is 5. The summed E-state index contributed by atoms with van der Waals surface area (Å²) in [7, 11) is 0. The highest BCUT2D eigenvalue weighted by molar-refractivity contribution is 6.04. The second kappa shape index (κ2) is 4.01. The Kier molecular flexibility index (Phi) is 2.55. The Morgan fingerprint density at radius 1 is 1.11 bits per heavy atom. The third-order valence-corrected chi connectivity index (χ3v) is 3.28. The van der Waals surface area contributed by atoms with Crippen molar-refractivity contribution >= 4 is 21.9 Å². The minimum atomic E-state index is -0.590. The van der Waals surface area contributed by atoms with E-state index < -0.39 is 6.04 Å². The van der Waals surface area contributed by atoms with Crippen LogP contribution in [-0.4, -0.2) is 16.8 Å². The van der Waals surface area contributed by atoms with Crippen LogP contribution in [0.2, 0.25) is 0 Å². The second-order valence-electron chi connectivity index (χ2n) is 4.75. The van der Waals surface area contributed by atoms with Gasteiger partial charge in [0.2, 0.25) is 0 Å². The van der Waals surface area contributed by atoms with E-state index >= 15 is 0 Å². The van der Waals surface area contributed by atoms with Gasteiger partial charge in [-0.2, -0.15) is 0 Å². The maximum atomic E-state index is 10.3. The number of furan rings is 2. The minimum Gasteiger partial charge on any atom is -0.504 e. The van der Waals surface area contributed by atoms with Gasteiger partial charge in [-0.05, 0) is 26.0 Å². The fourth-order valence-corrected chi connectivity index (χ4v) is 2.48. The molecule has 0 aliphatic heterocycles. The van der Waals surface area contributed by atoms with Gasteiger partial charge in [-0.3, -0.25) is 0 Å². The van der Waals surface area contributed by atoms with Crippen LogP contribution in [0.3, 0.4) is 0 Å². The molecule has 0 fully saturated rings. The average molecular weight is 261 g/mol. The number of aryl methyl sites for hydroxylation is 2. The van der Waals surface area contributed by atoms with Crippen LogP contribution in [0.15, 0.2) is 21.0 Å². The summed E-state index contributed by atoms with van der Waals surface area (Å²) in [6.07, 6.45) is 0. The number of aromatic hydroxyl groups is 1. The summed E-state index contributed by atoms with van der Waals surface area (Å²) in [5, 5.41) is 20.8. The summed E-state index contributed by atoms with van der Waals surface area (Å²) >= 11 is 0. The number of phenolic OH excluding ortho intramolecular Hbond substituents is 1. The lowest BCUT2D eigenvalue weighted by molar-refractivity contribution is 0.268. The van der Waals surface area contributed by atoms with E-state index in [4.69, 9.17) is 14.6 Å². The normalized spacial score (nSPS) is 13.5. The SMILES string of the molecule is Cc1cc2c(C(N)CO)c3oc(C)cc3c(O)c2o1. The number of rotatable bonds is 2. The smallest absolute Gasteiger partial charge is 0.177 e. The predicted octanol–water partition coefficient (Wildman–Crippen LogP) is 2.49. The molecule has 4 N–H and O–H groups in total. The standard InChI is InChI=1S/C14H15NO4/c1-6-3-8-11(10(15)5-16)13-9(4-7(2)18-13)12(17)14(8)19-6/h3-4,10,16-17H,5,15H2,1-2H3. The van der Waals surface area contributed by atoms with Gasteiger partial charge in [0, 0.05) is 10.9 Å². The number of fused-ring (bicyclic) bond motifs is 2. The summed E-state index contributed by atoms with van der Waals surface area (Å²) in [4.78, 5) is 0. The molecule has 0 spiro atoms. The molecular weight excluding hydrogens is 246 g/mol. The minimum absolute atomic E-state index is 0.0452. The van der Waals surface area contributed by atoms with Crippen molar-refractivity contribution in [2.45, 2.75) is 19.9 Å². The quantitative estimate of drug-likeness (QED) is 0.659. The molecule has 5 nitrogen and oxygen atoms in total. The summed E-state index contributed by atoms with van der Waals surface area (Å²) in [5.74, 6) is 1.38. The first-order chi connectivity index (χ1) is 9.02. The molecular formula is C14H15NO4. The van der Waals surface area contributed by atoms with Crippen LogP contribution in [-0.2, 0) is 0 Å². The lowest BCUT2D eigenvalue weighted by atomic mass is 10.00. The zero-order valence-corrected chi connectivity index (χ0v) is 10.7. The van der Waals surface area contributed by atoms with Gasteiger partial charge in [0.05, 0.1) is 18.0 Å². The van der Waals surface area contributed by atoms with Crippen LogP contribution in [0.1, 0.15) is 23.1 Å². The Labute approximate surface area is 109 Å². The lowest BCUT2D eigenvalue weighted by Crippen LogP contribution is -2.15. The van der Waals surface area contributed by atoms with E-state index in [9.17, 15) is 10.2 Å². The molecule has 1 unspecified atom stereocenters. The molecule has 0 bridgehead atoms. The van der Waals surface area contributed by atoms with Crippen LogP contribution in [0.5, 0.6) is 5.75 Å². The molecule has 100 valence electrons. The molecule has 1 atom stereocenters. The molecule has 1 aromatic carbocycles. The number of benzene rings is 1. The number of aliphatic hydroxyl groups excluding tert-OH is 1. The van der Waals surface area contributed by atoms with Crippen molar-refractivity contribution in [1.82, 2.24) is 0 Å². The fraction of sp³-hybridized carbons (Fsp3) is 0.286. The Morgan fingerprint density at radius 2 is 1.68 bits per heavy atom. The van der Waals surface area contributed by atoms with Gasteiger partial charge >= 0.3 is 0 Å². The lowest BCUT2D eigenvalue weighted by Gasteiger charge is -2.11. The predicted molar refractivity (Wildman–Crippen MR) is 71.1 cm³/mol. The second-order valence-corrected chi connectivity index (χ2v) is 4.75. The topological polar surface area (TPSA) is 92.8 Å². The molecule has 5 heteroatoms. The van der Waals surface area contributed by atoms with Gasteiger partial charge in [0.15, 0.2) is 11.3 Å². The van der Waals surface area contributed by atoms with Crippen LogP contribution < -0.4 is 5.73 Å². The third kappa shape index (κ3) is 1.63. The van der Waals surface area contributed by atoms with Crippen molar-refractivity contribution in [1.29, 1.82) is 0 Å². The zero-order chi connectivity index (χ0) is 13.7. The molecule has 0 radical (unpaired) electrons. The Balaban J connectivity index is 2.54. The molecule has 19 heavy (non-hydrogen) atoms. The van der Waals surface area contributed by atoms with Gasteiger partial charge in [0.1, 0.15) is 17.1 Å². The number of nitrogens with two attached hydrogens (primary N) is 1. The van der Waals surface area contributed by atoms with Gasteiger partial charge in [-0.15, -0.1) is 0 Å². The highest BCUT2D eigenvalue weighted by atomic mass is 16.4. The summed E-state index contributed by atoms with van der Waals surface area (Å²) in [6, 6.07) is 2.93. The Hall–Kier alpha value is -1.98. The molecule has 0 saturated heterocycles. The van der Waals surface area contributed by atoms with Gasteiger partial charge < -0.3 is 24.8 Å². The van der Waals surface area contributed by atoms with E-state index in [2.05, 4.69) is 0 Å². The van der Waals surface area contributed by atoms with Crippen LogP contribution >= 0.6 is 0 Å². The van der Waals surface area contributed by atoms with Crippen LogP contribution in [0.4, 0.5) is 0 Å². The monoisotopic (exact) mass is 261 g/mol. The van der Waals surface area contributed by atoms with Crippen molar-refractivity contribution in [3.8, 4) is 5.75 Å². The fourth-order valence-electron chi connectivity index (χ4n) is 2.48. The van der Waals surface area contributed by atoms with E-state index in [1.807, 2.05) is 0 Å². The van der Waals surface area contributed by atoms with Gasteiger partial charge in [0.25, 0.3) is 0 Å². The van der Waals surface area contributed by atoms with Crippen molar-refractivity contribution in [3.05, 3.63) is 29.2 Å². The van der Waals surface area contributed by atoms with Crippen LogP contribution in [0.25, 0.3) is 21.9 Å². The van der Waals surface area contributed by atoms with Gasteiger partial charge in [-0.25, -0.2) is 0 Å². The largest absolute Gasteiger partial charge is 0.504 e. The number of aliphatic hydroxyl groups is 1. The summed E-state index contributed by atoms with van der Waals surface area (Å²) < 4.78 is 11.1. The van der Waals surface area contributed by atoms with Crippen molar-refractivity contribution < 1.29 is 19.0 Å². The van der Waals surface area contributed by atoms with E-state index in [-0.39, 0.29) is 12.4 Å². The number of hydrogen-bond donors (Lipinski definition) is 3. The zero-order valence-electron chi connectivity index (χ0n) is 10.7. The average Bonchev–Trinajstić information content (AvgIpc) is 2.92. The Morgan fingerprint density at radius 3 is 2.32 bits per heavy atom. The van der Waals surface area contributed by atoms with Crippen LogP contribution in [0, 0.1) is 13.8 Å². The van der Waals surface area contributed by atoms with Crippen molar-refractivity contribution in [2.75, 3.05) is 6.61 Å². The first-order valence-electron chi connectivity index (χ1n) is 6.04. The van der Waals surface area contributed by atoms with E-state index in [1.165, 1.54) is 0 Å². The third-order valence-electron chi connectivity index (χ3n) is 3.28. The molecule has 0 aliphatic carbocycles. The van der Waals surface area contributed by atoms with E-state index in [0.29, 0.717) is 39.0 Å². The highest BCUT2D eigenvalue weighted by Crippen LogP contribution is 2.42. The molecule has 0 amide bonds. The maximum Gasteiger partial charge on any atom is 0.177 e. The van der Waals surface area contributed by atoms with Gasteiger partial charge in [-0.1, -0.05) is 0 Å². The van der Waals surface area contributed by atoms with Crippen molar-refractivity contribution in [2.24, 2.45) is 5.73 Å². The van der Waals surface area contributed by atoms with Crippen molar-refractivity contribution in [3.63, 3.8) is 0 Å². The molecule has 0 saturated carbocycles. The van der Waals surface area contributed by atoms with E-state index in [0.717, 1.165) is 0 Å². The maximum absolute atomic E-state index is 10.3. The summed E-state index contributed by atoms with van der Waals surface area (Å²) in [5.41, 5.74) is 7.51. The summed E-state index contributed by atoms with van der Waals surface area (Å²) in [6.45, 7) is 3.38. The number of phenols is 1. The highest BCUT2D eigenvalue weighted by Gasteiger charge is 2.23. The molecule has 3 aromatic rings. The first kappa shape index (κ1) is 12.1. The Bertz CT molecular complexity index is 711. The molecule has 3 rings (SSSR count). The molecule has 2 aromatic heterocycles. The molecule has 2 heterocycles. The molecule has 0 aliphatic rings.